The van der Waals surface area contributed by atoms with Crippen LogP contribution in [0.1, 0.15) is 43.9 Å². The average molecular weight is 646 g/mol. The third-order valence-corrected chi connectivity index (χ3v) is 9.82. The highest BCUT2D eigenvalue weighted by molar-refractivity contribution is 7.92. The zero-order valence-electron chi connectivity index (χ0n) is 25.9. The first-order chi connectivity index (χ1) is 21.6. The topological polar surface area (TPSA) is 86.8 Å². The number of nitrogens with one attached hydrogen (secondary N) is 1. The molecule has 0 aliphatic rings. The number of halogens is 1. The van der Waals surface area contributed by atoms with Crippen LogP contribution in [0.5, 0.6) is 0 Å². The molecule has 0 fully saturated rings. The van der Waals surface area contributed by atoms with Crippen LogP contribution < -0.4 is 9.62 Å². The van der Waals surface area contributed by atoms with Crippen LogP contribution in [-0.2, 0) is 39.0 Å². The van der Waals surface area contributed by atoms with E-state index in [9.17, 15) is 18.0 Å². The monoisotopic (exact) mass is 645 g/mol. The molecule has 0 aliphatic heterocycles. The number of hydrogen-bond acceptors (Lipinski definition) is 4. The van der Waals surface area contributed by atoms with Crippen molar-refractivity contribution in [3.05, 3.63) is 131 Å². The van der Waals surface area contributed by atoms with E-state index in [0.717, 1.165) is 27.4 Å². The average Bonchev–Trinajstić information content (AvgIpc) is 3.06. The lowest BCUT2D eigenvalue weighted by molar-refractivity contribution is -0.140. The van der Waals surface area contributed by atoms with Crippen molar-refractivity contribution in [2.45, 2.75) is 63.6 Å². The highest BCUT2D eigenvalue weighted by Gasteiger charge is 2.35. The van der Waals surface area contributed by atoms with E-state index >= 15 is 0 Å². The maximum atomic E-state index is 14.5. The van der Waals surface area contributed by atoms with E-state index in [1.54, 1.807) is 54.6 Å². The summed E-state index contributed by atoms with van der Waals surface area (Å²) in [6.45, 7) is 5.48. The number of carbonyl (C=O) groups is 2. The molecule has 0 radical (unpaired) electrons. The Morgan fingerprint density at radius 2 is 1.36 bits per heavy atom. The fourth-order valence-electron chi connectivity index (χ4n) is 4.93. The fourth-order valence-corrected chi connectivity index (χ4v) is 6.49. The molecule has 0 spiro atoms. The third kappa shape index (κ3) is 8.96. The summed E-state index contributed by atoms with van der Waals surface area (Å²) >= 11 is 6.15. The minimum Gasteiger partial charge on any atom is -0.352 e. The maximum Gasteiger partial charge on any atom is 0.264 e. The third-order valence-electron chi connectivity index (χ3n) is 7.78. The minimum atomic E-state index is -4.14. The van der Waals surface area contributed by atoms with E-state index in [0.29, 0.717) is 17.1 Å². The van der Waals surface area contributed by atoms with Gasteiger partial charge in [0.2, 0.25) is 11.8 Å². The first-order valence-corrected chi connectivity index (χ1v) is 17.0. The fraction of sp³-hybridized carbons (Fsp3) is 0.278. The van der Waals surface area contributed by atoms with Gasteiger partial charge in [0.1, 0.15) is 12.6 Å². The van der Waals surface area contributed by atoms with E-state index in [1.807, 2.05) is 63.2 Å². The highest BCUT2D eigenvalue weighted by Crippen LogP contribution is 2.26. The molecule has 0 aliphatic carbocycles. The Hall–Kier alpha value is -4.14. The molecule has 0 unspecified atom stereocenters. The molecule has 45 heavy (non-hydrogen) atoms. The van der Waals surface area contributed by atoms with Crippen LogP contribution in [-0.4, -0.2) is 43.8 Å². The van der Waals surface area contributed by atoms with Gasteiger partial charge in [0, 0.05) is 24.0 Å². The Kier molecular flexibility index (Phi) is 11.8. The molecule has 0 aromatic heterocycles. The van der Waals surface area contributed by atoms with Gasteiger partial charge in [-0.3, -0.25) is 13.9 Å². The van der Waals surface area contributed by atoms with Crippen LogP contribution in [0.2, 0.25) is 5.02 Å². The predicted octanol–water partition coefficient (Wildman–Crippen LogP) is 6.65. The number of hydrogen-bond donors (Lipinski definition) is 1. The molecule has 4 rings (SSSR count). The molecule has 2 amide bonds. The second-order valence-electron chi connectivity index (χ2n) is 11.0. The molecule has 7 nitrogen and oxygen atoms in total. The van der Waals surface area contributed by atoms with Crippen molar-refractivity contribution in [1.82, 2.24) is 10.2 Å². The van der Waals surface area contributed by atoms with E-state index < -0.39 is 28.5 Å². The molecule has 9 heteroatoms. The largest absolute Gasteiger partial charge is 0.352 e. The molecular weight excluding hydrogens is 606 g/mol. The summed E-state index contributed by atoms with van der Waals surface area (Å²) in [6.07, 6.45) is 1.75. The number of sulfonamides is 1. The van der Waals surface area contributed by atoms with Crippen molar-refractivity contribution < 1.29 is 18.0 Å². The number of carbonyl (C=O) groups excluding carboxylic acids is 2. The summed E-state index contributed by atoms with van der Waals surface area (Å²) in [5, 5.41) is 3.59. The molecule has 2 atom stereocenters. The van der Waals surface area contributed by atoms with Crippen LogP contribution in [0.15, 0.2) is 114 Å². The van der Waals surface area contributed by atoms with Crippen LogP contribution in [0, 0.1) is 0 Å². The summed E-state index contributed by atoms with van der Waals surface area (Å²) < 4.78 is 29.3. The Bertz CT molecular complexity index is 1650. The van der Waals surface area contributed by atoms with Gasteiger partial charge in [-0.25, -0.2) is 8.42 Å². The smallest absolute Gasteiger partial charge is 0.264 e. The molecule has 0 heterocycles. The van der Waals surface area contributed by atoms with Gasteiger partial charge >= 0.3 is 0 Å². The number of amides is 2. The second kappa shape index (κ2) is 15.7. The van der Waals surface area contributed by atoms with Crippen molar-refractivity contribution >= 4 is 39.1 Å². The zero-order chi connectivity index (χ0) is 32.4. The highest BCUT2D eigenvalue weighted by atomic mass is 35.5. The predicted molar refractivity (Wildman–Crippen MR) is 181 cm³/mol. The van der Waals surface area contributed by atoms with Gasteiger partial charge in [0.25, 0.3) is 10.0 Å². The first kappa shape index (κ1) is 33.7. The first-order valence-electron chi connectivity index (χ1n) is 15.2. The van der Waals surface area contributed by atoms with Gasteiger partial charge < -0.3 is 10.2 Å². The van der Waals surface area contributed by atoms with E-state index in [2.05, 4.69) is 5.32 Å². The Morgan fingerprint density at radius 3 is 1.93 bits per heavy atom. The van der Waals surface area contributed by atoms with Crippen molar-refractivity contribution in [2.75, 3.05) is 10.8 Å². The standard InChI is InChI=1S/C36H40ClN3O4S/c1-4-27(3)38-36(42)34(24-29-12-8-6-9-13-29)39(25-30-16-20-31(37)21-17-30)35(41)26-40(32-22-18-28(5-2)19-23-32)45(43,44)33-14-10-7-11-15-33/h6-23,27,34H,4-5,24-26H2,1-3H3,(H,38,42)/t27-,34-/m1/s1. The lowest BCUT2D eigenvalue weighted by Gasteiger charge is -2.34. The number of anilines is 1. The van der Waals surface area contributed by atoms with Gasteiger partial charge in [-0.1, -0.05) is 98.2 Å². The molecule has 0 saturated heterocycles. The molecule has 4 aromatic carbocycles. The van der Waals surface area contributed by atoms with Gasteiger partial charge in [-0.2, -0.15) is 0 Å². The number of aryl methyl sites for hydroxylation is 1. The second-order valence-corrected chi connectivity index (χ2v) is 13.3. The molecule has 0 bridgehead atoms. The zero-order valence-corrected chi connectivity index (χ0v) is 27.5. The van der Waals surface area contributed by atoms with E-state index in [4.69, 9.17) is 11.6 Å². The Morgan fingerprint density at radius 1 is 0.778 bits per heavy atom. The van der Waals surface area contributed by atoms with Crippen LogP contribution in [0.25, 0.3) is 0 Å². The van der Waals surface area contributed by atoms with Gasteiger partial charge in [0.15, 0.2) is 0 Å². The minimum absolute atomic E-state index is 0.0666. The van der Waals surface area contributed by atoms with Gasteiger partial charge in [0.05, 0.1) is 10.6 Å². The van der Waals surface area contributed by atoms with Crippen LogP contribution >= 0.6 is 11.6 Å². The quantitative estimate of drug-likeness (QED) is 0.166. The Balaban J connectivity index is 1.79. The van der Waals surface area contributed by atoms with Crippen molar-refractivity contribution in [3.63, 3.8) is 0 Å². The van der Waals surface area contributed by atoms with Crippen molar-refractivity contribution in [3.8, 4) is 0 Å². The summed E-state index contributed by atoms with van der Waals surface area (Å²) in [5.74, 6) is -0.815. The molecule has 236 valence electrons. The van der Waals surface area contributed by atoms with E-state index in [1.165, 1.54) is 17.0 Å². The van der Waals surface area contributed by atoms with Crippen LogP contribution in [0.4, 0.5) is 5.69 Å². The lowest BCUT2D eigenvalue weighted by Crippen LogP contribution is -2.54. The van der Waals surface area contributed by atoms with Gasteiger partial charge in [-0.15, -0.1) is 0 Å². The number of benzene rings is 4. The van der Waals surface area contributed by atoms with Crippen molar-refractivity contribution in [2.24, 2.45) is 0 Å². The van der Waals surface area contributed by atoms with Gasteiger partial charge in [-0.05, 0) is 72.9 Å². The lowest BCUT2D eigenvalue weighted by atomic mass is 10.0. The molecule has 4 aromatic rings. The summed E-state index contributed by atoms with van der Waals surface area (Å²) in [4.78, 5) is 30.0. The SMILES string of the molecule is CCc1ccc(N(CC(=O)N(Cc2ccc(Cl)cc2)[C@H](Cc2ccccc2)C(=O)N[C@H](C)CC)S(=O)(=O)c2ccccc2)cc1. The Labute approximate surface area is 271 Å². The normalized spacial score (nSPS) is 12.6. The molecular formula is C36H40ClN3O4S. The summed E-state index contributed by atoms with van der Waals surface area (Å²) in [5.41, 5.74) is 3.03. The number of nitrogens with zero attached hydrogens (tertiary/aromatic N) is 2. The molecule has 1 N–H and O–H groups in total. The maximum absolute atomic E-state index is 14.5. The molecule has 0 saturated carbocycles. The summed E-state index contributed by atoms with van der Waals surface area (Å²) in [7, 11) is -4.14. The number of rotatable bonds is 14. The van der Waals surface area contributed by atoms with E-state index in [-0.39, 0.29) is 29.8 Å². The van der Waals surface area contributed by atoms with Crippen molar-refractivity contribution in [1.29, 1.82) is 0 Å². The summed E-state index contributed by atoms with van der Waals surface area (Å²) in [6, 6.07) is 30.7. The van der Waals surface area contributed by atoms with Crippen LogP contribution in [0.3, 0.4) is 0 Å².